The molecule has 1 aromatic rings. The first kappa shape index (κ1) is 11.1. The Morgan fingerprint density at radius 3 is 2.81 bits per heavy atom. The Morgan fingerprint density at radius 1 is 1.31 bits per heavy atom. The summed E-state index contributed by atoms with van der Waals surface area (Å²) >= 11 is 0. The fourth-order valence-corrected chi connectivity index (χ4v) is 2.06. The number of hydrogen-bond donors (Lipinski definition) is 0. The lowest BCUT2D eigenvalue weighted by atomic mass is 9.98. The molecule has 1 saturated carbocycles. The number of esters is 1. The minimum absolute atomic E-state index is 0.143. The van der Waals surface area contributed by atoms with Crippen molar-refractivity contribution in [1.29, 1.82) is 0 Å². The summed E-state index contributed by atoms with van der Waals surface area (Å²) in [6.45, 7) is 0. The predicted octanol–water partition coefficient (Wildman–Crippen LogP) is 2.50. The average molecular weight is 219 g/mol. The Kier molecular flexibility index (Phi) is 3.91. The van der Waals surface area contributed by atoms with Gasteiger partial charge in [-0.25, -0.2) is 0 Å². The lowest BCUT2D eigenvalue weighted by Gasteiger charge is -2.21. The van der Waals surface area contributed by atoms with Crippen LogP contribution in [-0.2, 0) is 16.0 Å². The molecule has 0 atom stereocenters. The predicted molar refractivity (Wildman–Crippen MR) is 60.9 cm³/mol. The van der Waals surface area contributed by atoms with Crippen LogP contribution in [0.15, 0.2) is 24.4 Å². The topological polar surface area (TPSA) is 39.2 Å². The number of ether oxygens (including phenoxy) is 1. The van der Waals surface area contributed by atoms with Crippen molar-refractivity contribution in [3.63, 3.8) is 0 Å². The second kappa shape index (κ2) is 5.64. The Bertz CT molecular complexity index is 331. The number of hydrogen-bond acceptors (Lipinski definition) is 3. The lowest BCUT2D eigenvalue weighted by molar-refractivity contribution is -0.149. The van der Waals surface area contributed by atoms with Crippen LogP contribution in [0.3, 0.4) is 0 Å². The number of nitrogens with zero attached hydrogens (tertiary/aromatic N) is 1. The molecule has 16 heavy (non-hydrogen) atoms. The van der Waals surface area contributed by atoms with Gasteiger partial charge in [0, 0.05) is 6.20 Å². The van der Waals surface area contributed by atoms with Crippen molar-refractivity contribution in [2.24, 2.45) is 0 Å². The average Bonchev–Trinajstić information content (AvgIpc) is 2.31. The summed E-state index contributed by atoms with van der Waals surface area (Å²) in [4.78, 5) is 15.7. The van der Waals surface area contributed by atoms with Crippen molar-refractivity contribution in [2.75, 3.05) is 0 Å². The molecule has 86 valence electrons. The first-order valence-corrected chi connectivity index (χ1v) is 5.94. The summed E-state index contributed by atoms with van der Waals surface area (Å²) in [5.41, 5.74) is 0.781. The van der Waals surface area contributed by atoms with Crippen molar-refractivity contribution >= 4 is 5.97 Å². The zero-order chi connectivity index (χ0) is 11.2. The molecule has 0 amide bonds. The Labute approximate surface area is 95.8 Å². The van der Waals surface area contributed by atoms with Gasteiger partial charge in [-0.15, -0.1) is 0 Å². The van der Waals surface area contributed by atoms with Crippen molar-refractivity contribution in [3.05, 3.63) is 30.1 Å². The maximum atomic E-state index is 11.6. The van der Waals surface area contributed by atoms with Crippen LogP contribution in [0.1, 0.15) is 37.8 Å². The third kappa shape index (κ3) is 3.33. The summed E-state index contributed by atoms with van der Waals surface area (Å²) in [6.07, 6.45) is 7.81. The molecule has 0 bridgehead atoms. The molecule has 3 heteroatoms. The smallest absolute Gasteiger partial charge is 0.312 e. The normalized spacial score (nSPS) is 17.0. The van der Waals surface area contributed by atoms with Gasteiger partial charge in [0.15, 0.2) is 0 Å². The van der Waals surface area contributed by atoms with Gasteiger partial charge in [-0.05, 0) is 37.8 Å². The van der Waals surface area contributed by atoms with Gasteiger partial charge in [-0.3, -0.25) is 9.78 Å². The molecule has 1 aromatic heterocycles. The summed E-state index contributed by atoms with van der Waals surface area (Å²) in [6, 6.07) is 5.58. The van der Waals surface area contributed by atoms with Crippen LogP contribution in [0.25, 0.3) is 0 Å². The quantitative estimate of drug-likeness (QED) is 0.733. The van der Waals surface area contributed by atoms with Crippen LogP contribution < -0.4 is 0 Å². The minimum Gasteiger partial charge on any atom is -0.462 e. The van der Waals surface area contributed by atoms with Crippen LogP contribution in [0.5, 0.6) is 0 Å². The van der Waals surface area contributed by atoms with E-state index in [-0.39, 0.29) is 18.5 Å². The van der Waals surface area contributed by atoms with Gasteiger partial charge in [-0.2, -0.15) is 0 Å². The van der Waals surface area contributed by atoms with E-state index in [1.807, 2.05) is 18.2 Å². The largest absolute Gasteiger partial charge is 0.462 e. The van der Waals surface area contributed by atoms with Crippen LogP contribution in [0.4, 0.5) is 0 Å². The maximum Gasteiger partial charge on any atom is 0.312 e. The van der Waals surface area contributed by atoms with Crippen LogP contribution in [0, 0.1) is 0 Å². The van der Waals surface area contributed by atoms with Gasteiger partial charge in [-0.1, -0.05) is 12.5 Å². The monoisotopic (exact) mass is 219 g/mol. The third-order valence-corrected chi connectivity index (χ3v) is 2.90. The van der Waals surface area contributed by atoms with Gasteiger partial charge in [0.25, 0.3) is 0 Å². The fraction of sp³-hybridized carbons (Fsp3) is 0.538. The summed E-state index contributed by atoms with van der Waals surface area (Å²) < 4.78 is 5.42. The molecule has 0 aromatic carbocycles. The van der Waals surface area contributed by atoms with Crippen LogP contribution in [-0.4, -0.2) is 17.1 Å². The Hall–Kier alpha value is -1.38. The minimum atomic E-state index is -0.148. The Morgan fingerprint density at radius 2 is 2.12 bits per heavy atom. The highest BCUT2D eigenvalue weighted by Crippen LogP contribution is 2.20. The molecule has 1 aliphatic rings. The highest BCUT2D eigenvalue weighted by atomic mass is 16.5. The second-order valence-electron chi connectivity index (χ2n) is 4.25. The fourth-order valence-electron chi connectivity index (χ4n) is 2.06. The van der Waals surface area contributed by atoms with Crippen LogP contribution in [0.2, 0.25) is 0 Å². The van der Waals surface area contributed by atoms with E-state index in [0.29, 0.717) is 0 Å². The van der Waals surface area contributed by atoms with E-state index in [9.17, 15) is 4.79 Å². The molecule has 0 unspecified atom stereocenters. The number of carbonyl (C=O) groups is 1. The lowest BCUT2D eigenvalue weighted by Crippen LogP contribution is -2.22. The molecular formula is C13H17NO2. The molecule has 1 fully saturated rings. The standard InChI is InChI=1S/C13H17NO2/c15-13(10-11-6-4-5-9-14-11)16-12-7-2-1-3-8-12/h4-6,9,12H,1-3,7-8,10H2. The number of pyridine rings is 1. The highest BCUT2D eigenvalue weighted by Gasteiger charge is 2.17. The molecule has 0 spiro atoms. The first-order valence-electron chi connectivity index (χ1n) is 5.94. The van der Waals surface area contributed by atoms with E-state index in [2.05, 4.69) is 4.98 Å². The molecule has 1 heterocycles. The zero-order valence-electron chi connectivity index (χ0n) is 9.39. The van der Waals surface area contributed by atoms with Crippen molar-refractivity contribution in [1.82, 2.24) is 4.98 Å². The van der Waals surface area contributed by atoms with Gasteiger partial charge in [0.1, 0.15) is 6.10 Å². The van der Waals surface area contributed by atoms with E-state index in [1.54, 1.807) is 6.20 Å². The van der Waals surface area contributed by atoms with E-state index in [1.165, 1.54) is 19.3 Å². The van der Waals surface area contributed by atoms with Gasteiger partial charge in [0.05, 0.1) is 12.1 Å². The molecular weight excluding hydrogens is 202 g/mol. The zero-order valence-corrected chi connectivity index (χ0v) is 9.39. The Balaban J connectivity index is 1.80. The molecule has 1 aliphatic carbocycles. The van der Waals surface area contributed by atoms with Crippen LogP contribution >= 0.6 is 0 Å². The number of rotatable bonds is 3. The molecule has 2 rings (SSSR count). The number of carbonyl (C=O) groups excluding carboxylic acids is 1. The summed E-state index contributed by atoms with van der Waals surface area (Å²) in [5.74, 6) is -0.148. The molecule has 3 nitrogen and oxygen atoms in total. The van der Waals surface area contributed by atoms with Gasteiger partial charge < -0.3 is 4.74 Å². The third-order valence-electron chi connectivity index (χ3n) is 2.90. The molecule has 0 aliphatic heterocycles. The second-order valence-corrected chi connectivity index (χ2v) is 4.25. The van der Waals surface area contributed by atoms with E-state index < -0.39 is 0 Å². The van der Waals surface area contributed by atoms with Crippen molar-refractivity contribution in [2.45, 2.75) is 44.6 Å². The summed E-state index contributed by atoms with van der Waals surface area (Å²) in [7, 11) is 0. The van der Waals surface area contributed by atoms with E-state index in [4.69, 9.17) is 4.74 Å². The van der Waals surface area contributed by atoms with Gasteiger partial charge >= 0.3 is 5.97 Å². The molecule has 0 saturated heterocycles. The summed E-state index contributed by atoms with van der Waals surface area (Å²) in [5, 5.41) is 0. The molecule has 0 radical (unpaired) electrons. The van der Waals surface area contributed by atoms with Crippen molar-refractivity contribution in [3.8, 4) is 0 Å². The molecule has 0 N–H and O–H groups in total. The number of aromatic nitrogens is 1. The first-order chi connectivity index (χ1) is 7.84. The van der Waals surface area contributed by atoms with E-state index in [0.717, 1.165) is 18.5 Å². The van der Waals surface area contributed by atoms with Crippen molar-refractivity contribution < 1.29 is 9.53 Å². The maximum absolute atomic E-state index is 11.6. The highest BCUT2D eigenvalue weighted by molar-refractivity contribution is 5.72. The van der Waals surface area contributed by atoms with E-state index >= 15 is 0 Å². The SMILES string of the molecule is O=C(Cc1ccccn1)OC1CCCCC1. The van der Waals surface area contributed by atoms with Gasteiger partial charge in [0.2, 0.25) is 0 Å².